The minimum atomic E-state index is -0.597. The van der Waals surface area contributed by atoms with E-state index in [1.165, 1.54) is 6.07 Å². The molecule has 0 atom stereocenters. The standard InChI is InChI=1S/C27H25ClF2N4O2/c1-2-3-15-36-27(35)34-13-11-33(12-14-34)21-9-10-31-26-19(21)16-32-25(24(26)30)18-6-4-5-17-7-8-20(29)23(28)22(17)18/h4-10,16H,2-3,11-15H2,1H3. The number of fused-ring (bicyclic) bond motifs is 2. The number of ether oxygens (including phenoxy) is 1. The minimum absolute atomic E-state index is 0.0601. The summed E-state index contributed by atoms with van der Waals surface area (Å²) in [5, 5.41) is 1.59. The number of aromatic nitrogens is 2. The molecule has 4 aromatic rings. The number of carbonyl (C=O) groups is 1. The molecule has 0 saturated carbocycles. The fourth-order valence-corrected chi connectivity index (χ4v) is 4.83. The van der Waals surface area contributed by atoms with Crippen LogP contribution in [0, 0.1) is 11.6 Å². The number of hydrogen-bond donors (Lipinski definition) is 0. The van der Waals surface area contributed by atoms with Crippen LogP contribution in [0.4, 0.5) is 19.3 Å². The van der Waals surface area contributed by atoms with Crippen molar-refractivity contribution in [2.45, 2.75) is 19.8 Å². The molecule has 2 aromatic heterocycles. The molecule has 3 heterocycles. The lowest BCUT2D eigenvalue weighted by Crippen LogP contribution is -2.49. The second kappa shape index (κ2) is 10.2. The van der Waals surface area contributed by atoms with Crippen LogP contribution in [-0.4, -0.2) is 53.7 Å². The molecule has 0 spiro atoms. The van der Waals surface area contributed by atoms with E-state index in [0.29, 0.717) is 54.5 Å². The van der Waals surface area contributed by atoms with E-state index in [9.17, 15) is 9.18 Å². The fraction of sp³-hybridized carbons (Fsp3) is 0.296. The molecule has 1 aliphatic rings. The van der Waals surface area contributed by atoms with Gasteiger partial charge in [-0.15, -0.1) is 0 Å². The Bertz CT molecular complexity index is 1440. The lowest BCUT2D eigenvalue weighted by Gasteiger charge is -2.35. The van der Waals surface area contributed by atoms with Crippen molar-refractivity contribution in [3.05, 3.63) is 65.4 Å². The zero-order valence-electron chi connectivity index (χ0n) is 19.8. The number of hydrogen-bond acceptors (Lipinski definition) is 5. The van der Waals surface area contributed by atoms with Crippen LogP contribution in [0.1, 0.15) is 19.8 Å². The van der Waals surface area contributed by atoms with Gasteiger partial charge in [-0.2, -0.15) is 0 Å². The van der Waals surface area contributed by atoms with Crippen molar-refractivity contribution in [3.63, 3.8) is 0 Å². The number of halogens is 3. The highest BCUT2D eigenvalue weighted by molar-refractivity contribution is 6.36. The Kier molecular flexibility index (Phi) is 6.87. The van der Waals surface area contributed by atoms with Gasteiger partial charge in [0, 0.05) is 60.6 Å². The van der Waals surface area contributed by atoms with E-state index in [-0.39, 0.29) is 22.3 Å². The van der Waals surface area contributed by atoms with Gasteiger partial charge in [0.2, 0.25) is 0 Å². The Labute approximate surface area is 212 Å². The number of piperazine rings is 1. The average molecular weight is 511 g/mol. The number of amides is 1. The summed E-state index contributed by atoms with van der Waals surface area (Å²) < 4.78 is 35.4. The zero-order chi connectivity index (χ0) is 25.2. The maximum absolute atomic E-state index is 15.8. The summed E-state index contributed by atoms with van der Waals surface area (Å²) in [6.45, 7) is 4.62. The first-order valence-corrected chi connectivity index (χ1v) is 12.3. The maximum atomic E-state index is 15.8. The molecule has 0 radical (unpaired) electrons. The van der Waals surface area contributed by atoms with E-state index in [2.05, 4.69) is 14.9 Å². The molecule has 1 fully saturated rings. The van der Waals surface area contributed by atoms with Crippen molar-refractivity contribution in [3.8, 4) is 11.3 Å². The topological polar surface area (TPSA) is 58.6 Å². The van der Waals surface area contributed by atoms with Gasteiger partial charge in [-0.05, 0) is 23.9 Å². The molecule has 186 valence electrons. The number of unbranched alkanes of at least 4 members (excludes halogenated alkanes) is 1. The summed E-state index contributed by atoms with van der Waals surface area (Å²) in [5.74, 6) is -1.17. The van der Waals surface area contributed by atoms with Gasteiger partial charge in [-0.3, -0.25) is 9.97 Å². The molecule has 9 heteroatoms. The molecular weight excluding hydrogens is 486 g/mol. The van der Waals surface area contributed by atoms with Gasteiger partial charge < -0.3 is 14.5 Å². The van der Waals surface area contributed by atoms with Crippen molar-refractivity contribution in [1.29, 1.82) is 0 Å². The van der Waals surface area contributed by atoms with E-state index >= 15 is 4.39 Å². The molecule has 0 aliphatic carbocycles. The summed E-state index contributed by atoms with van der Waals surface area (Å²) in [7, 11) is 0. The average Bonchev–Trinajstić information content (AvgIpc) is 2.91. The van der Waals surface area contributed by atoms with Gasteiger partial charge in [0.25, 0.3) is 0 Å². The van der Waals surface area contributed by atoms with Crippen molar-refractivity contribution in [2.75, 3.05) is 37.7 Å². The monoisotopic (exact) mass is 510 g/mol. The summed E-state index contributed by atoms with van der Waals surface area (Å²) in [6.07, 6.45) is 4.66. The summed E-state index contributed by atoms with van der Waals surface area (Å²) in [4.78, 5) is 24.8. The van der Waals surface area contributed by atoms with Crippen LogP contribution in [0.5, 0.6) is 0 Å². The third kappa shape index (κ3) is 4.41. The van der Waals surface area contributed by atoms with E-state index in [1.807, 2.05) is 13.0 Å². The fourth-order valence-electron chi connectivity index (χ4n) is 4.56. The van der Waals surface area contributed by atoms with Crippen molar-refractivity contribution >= 4 is 45.1 Å². The summed E-state index contributed by atoms with van der Waals surface area (Å²) in [5.41, 5.74) is 1.42. The second-order valence-corrected chi connectivity index (χ2v) is 9.10. The Morgan fingerprint density at radius 3 is 2.67 bits per heavy atom. The van der Waals surface area contributed by atoms with E-state index in [1.54, 1.807) is 41.6 Å². The van der Waals surface area contributed by atoms with Crippen LogP contribution >= 0.6 is 11.6 Å². The molecular formula is C27H25ClF2N4O2. The number of rotatable bonds is 5. The Balaban J connectivity index is 1.45. The molecule has 0 unspecified atom stereocenters. The molecule has 1 amide bonds. The Morgan fingerprint density at radius 2 is 1.89 bits per heavy atom. The summed E-state index contributed by atoms with van der Waals surface area (Å²) >= 11 is 6.26. The molecule has 2 aromatic carbocycles. The smallest absolute Gasteiger partial charge is 0.409 e. The van der Waals surface area contributed by atoms with Crippen molar-refractivity contribution < 1.29 is 18.3 Å². The third-order valence-electron chi connectivity index (χ3n) is 6.50. The van der Waals surface area contributed by atoms with E-state index in [0.717, 1.165) is 18.5 Å². The lowest BCUT2D eigenvalue weighted by atomic mass is 10.00. The largest absolute Gasteiger partial charge is 0.449 e. The Hall–Kier alpha value is -3.52. The number of carbonyl (C=O) groups excluding carboxylic acids is 1. The SMILES string of the molecule is CCCCOC(=O)N1CCN(c2ccnc3c(F)c(-c4cccc5ccc(F)c(Cl)c45)ncc23)CC1. The van der Waals surface area contributed by atoms with Gasteiger partial charge >= 0.3 is 6.09 Å². The highest BCUT2D eigenvalue weighted by Gasteiger charge is 2.25. The lowest BCUT2D eigenvalue weighted by molar-refractivity contribution is 0.0990. The molecule has 0 bridgehead atoms. The summed E-state index contributed by atoms with van der Waals surface area (Å²) in [6, 6.07) is 9.94. The van der Waals surface area contributed by atoms with Crippen molar-refractivity contribution in [1.82, 2.24) is 14.9 Å². The van der Waals surface area contributed by atoms with Crippen LogP contribution < -0.4 is 4.90 Å². The van der Waals surface area contributed by atoms with Gasteiger partial charge in [0.15, 0.2) is 5.82 Å². The van der Waals surface area contributed by atoms with Crippen LogP contribution in [0.15, 0.2) is 48.8 Å². The Morgan fingerprint density at radius 1 is 1.08 bits per heavy atom. The first-order valence-electron chi connectivity index (χ1n) is 12.0. The number of benzene rings is 2. The molecule has 1 saturated heterocycles. The van der Waals surface area contributed by atoms with Gasteiger partial charge in [-0.1, -0.05) is 49.2 Å². The highest BCUT2D eigenvalue weighted by atomic mass is 35.5. The molecule has 0 N–H and O–H groups in total. The van der Waals surface area contributed by atoms with Crippen LogP contribution in [-0.2, 0) is 4.74 Å². The predicted molar refractivity (Wildman–Crippen MR) is 137 cm³/mol. The first-order chi connectivity index (χ1) is 17.5. The zero-order valence-corrected chi connectivity index (χ0v) is 20.6. The highest BCUT2D eigenvalue weighted by Crippen LogP contribution is 2.37. The van der Waals surface area contributed by atoms with Gasteiger partial charge in [-0.25, -0.2) is 13.6 Å². The number of nitrogens with zero attached hydrogens (tertiary/aromatic N) is 4. The van der Waals surface area contributed by atoms with Gasteiger partial charge in [0.05, 0.1) is 11.6 Å². The van der Waals surface area contributed by atoms with Crippen molar-refractivity contribution in [2.24, 2.45) is 0 Å². The predicted octanol–water partition coefficient (Wildman–Crippen LogP) is 6.44. The minimum Gasteiger partial charge on any atom is -0.449 e. The number of anilines is 1. The molecule has 36 heavy (non-hydrogen) atoms. The number of pyridine rings is 2. The first kappa shape index (κ1) is 24.2. The molecule has 1 aliphatic heterocycles. The van der Waals surface area contributed by atoms with Gasteiger partial charge in [0.1, 0.15) is 17.0 Å². The van der Waals surface area contributed by atoms with Crippen LogP contribution in [0.2, 0.25) is 5.02 Å². The normalized spacial score (nSPS) is 14.0. The van der Waals surface area contributed by atoms with Crippen LogP contribution in [0.3, 0.4) is 0 Å². The van der Waals surface area contributed by atoms with E-state index in [4.69, 9.17) is 16.3 Å². The van der Waals surface area contributed by atoms with Crippen LogP contribution in [0.25, 0.3) is 32.9 Å². The van der Waals surface area contributed by atoms with E-state index < -0.39 is 11.6 Å². The molecule has 5 rings (SSSR count). The quantitative estimate of drug-likeness (QED) is 0.289. The second-order valence-electron chi connectivity index (χ2n) is 8.72. The third-order valence-corrected chi connectivity index (χ3v) is 6.87. The maximum Gasteiger partial charge on any atom is 0.409 e. The molecule has 6 nitrogen and oxygen atoms in total.